The van der Waals surface area contributed by atoms with Crippen LogP contribution in [0.15, 0.2) is 34.1 Å². The second kappa shape index (κ2) is 10.7. The molecule has 4 rings (SSSR count). The van der Waals surface area contributed by atoms with Crippen LogP contribution in [0.2, 0.25) is 0 Å². The molecule has 0 spiro atoms. The Morgan fingerprint density at radius 2 is 1.90 bits per heavy atom. The number of rotatable bonds is 6. The number of aromatic amines is 1. The molecule has 12 heteroatoms. The number of anilines is 1. The van der Waals surface area contributed by atoms with Crippen LogP contribution in [-0.2, 0) is 6.18 Å². The predicted molar refractivity (Wildman–Crippen MR) is 140 cm³/mol. The number of nitrogens with zero attached hydrogens (tertiary/aromatic N) is 4. The molecule has 1 fully saturated rings. The molecule has 2 N–H and O–H groups in total. The van der Waals surface area contributed by atoms with E-state index in [1.54, 1.807) is 4.90 Å². The molecule has 1 aliphatic rings. The molecule has 4 atom stereocenters. The monoisotopic (exact) mass is 546 g/mol. The molecule has 0 saturated carbocycles. The van der Waals surface area contributed by atoms with E-state index in [2.05, 4.69) is 32.0 Å². The molecule has 1 saturated heterocycles. The maximum atomic E-state index is 15.1. The van der Waals surface area contributed by atoms with Gasteiger partial charge in [0.1, 0.15) is 11.6 Å². The van der Waals surface area contributed by atoms with Crippen molar-refractivity contribution in [3.8, 4) is 0 Å². The number of fused-ring (bicyclic) bond motifs is 1. The summed E-state index contributed by atoms with van der Waals surface area (Å²) >= 11 is 0. The molecule has 1 unspecified atom stereocenters. The van der Waals surface area contributed by atoms with Crippen LogP contribution in [0, 0.1) is 30.5 Å². The molecule has 1 aliphatic heterocycles. The van der Waals surface area contributed by atoms with E-state index in [4.69, 9.17) is 0 Å². The fourth-order valence-corrected chi connectivity index (χ4v) is 5.28. The molecule has 3 heterocycles. The number of H-pyrrole nitrogens is 1. The summed E-state index contributed by atoms with van der Waals surface area (Å²) in [5.74, 6) is -0.294. The Labute approximate surface area is 222 Å². The van der Waals surface area contributed by atoms with Crippen molar-refractivity contribution in [1.82, 2.24) is 19.9 Å². The number of carbonyl (C=O) groups is 1. The third-order valence-corrected chi connectivity index (χ3v) is 7.27. The summed E-state index contributed by atoms with van der Waals surface area (Å²) in [5.41, 5.74) is -2.48. The van der Waals surface area contributed by atoms with Gasteiger partial charge in [-0.25, -0.2) is 14.4 Å². The quantitative estimate of drug-likeness (QED) is 0.335. The van der Waals surface area contributed by atoms with E-state index in [0.29, 0.717) is 25.6 Å². The Hall–Kier alpha value is -3.83. The second-order valence-corrected chi connectivity index (χ2v) is 10.2. The lowest BCUT2D eigenvalue weighted by molar-refractivity contribution is -0.141. The third-order valence-electron chi connectivity index (χ3n) is 7.27. The zero-order valence-corrected chi connectivity index (χ0v) is 22.1. The van der Waals surface area contributed by atoms with E-state index in [0.717, 1.165) is 12.1 Å². The van der Waals surface area contributed by atoms with Crippen molar-refractivity contribution in [1.29, 1.82) is 0 Å². The van der Waals surface area contributed by atoms with Crippen LogP contribution in [0.3, 0.4) is 0 Å². The molecule has 208 valence electrons. The van der Waals surface area contributed by atoms with Crippen molar-refractivity contribution in [3.05, 3.63) is 63.1 Å². The summed E-state index contributed by atoms with van der Waals surface area (Å²) in [4.78, 5) is 41.1. The first-order chi connectivity index (χ1) is 18.3. The Bertz CT molecular complexity index is 1460. The Balaban J connectivity index is 1.59. The van der Waals surface area contributed by atoms with Gasteiger partial charge in [0, 0.05) is 30.8 Å². The van der Waals surface area contributed by atoms with Crippen LogP contribution in [0.4, 0.5) is 23.2 Å². The van der Waals surface area contributed by atoms with Crippen LogP contribution >= 0.6 is 0 Å². The van der Waals surface area contributed by atoms with Crippen molar-refractivity contribution in [2.75, 3.05) is 25.0 Å². The number of carbonyl (C=O) groups excluding carboxylic acids is 1. The molecular weight excluding hydrogens is 516 g/mol. The highest BCUT2D eigenvalue weighted by molar-refractivity contribution is 5.94. The number of alkyl halides is 3. The van der Waals surface area contributed by atoms with Gasteiger partial charge in [0.05, 0.1) is 17.1 Å². The predicted octanol–water partition coefficient (Wildman–Crippen LogP) is 5.00. The number of aryl methyl sites for hydroxylation is 1. The zero-order valence-electron chi connectivity index (χ0n) is 22.1. The van der Waals surface area contributed by atoms with Gasteiger partial charge in [0.2, 0.25) is 0 Å². The van der Waals surface area contributed by atoms with Crippen LogP contribution in [0.5, 0.6) is 0 Å². The number of hydrogen-bond donors (Lipinski definition) is 2. The van der Waals surface area contributed by atoms with Gasteiger partial charge in [-0.15, -0.1) is 0 Å². The highest BCUT2D eigenvalue weighted by atomic mass is 19.4. The Morgan fingerprint density at radius 3 is 2.49 bits per heavy atom. The molecular formula is C27H30F4N6O2. The first kappa shape index (κ1) is 28.2. The maximum absolute atomic E-state index is 15.1. The fourth-order valence-electron chi connectivity index (χ4n) is 5.28. The van der Waals surface area contributed by atoms with Gasteiger partial charge in [-0.2, -0.15) is 13.2 Å². The van der Waals surface area contributed by atoms with E-state index >= 15 is 4.39 Å². The molecule has 2 aromatic heterocycles. The molecule has 39 heavy (non-hydrogen) atoms. The van der Waals surface area contributed by atoms with Crippen molar-refractivity contribution in [2.24, 2.45) is 22.7 Å². The first-order valence-electron chi connectivity index (χ1n) is 12.6. The maximum Gasteiger partial charge on any atom is 0.433 e. The van der Waals surface area contributed by atoms with E-state index in [9.17, 15) is 22.8 Å². The molecule has 1 aromatic carbocycles. The Morgan fingerprint density at radius 1 is 1.23 bits per heavy atom. The lowest BCUT2D eigenvalue weighted by Crippen LogP contribution is -2.48. The summed E-state index contributed by atoms with van der Waals surface area (Å²) in [6.07, 6.45) is -4.84. The van der Waals surface area contributed by atoms with Crippen LogP contribution < -0.4 is 10.9 Å². The van der Waals surface area contributed by atoms with E-state index in [1.165, 1.54) is 26.0 Å². The normalized spacial score (nSPS) is 20.6. The van der Waals surface area contributed by atoms with Gasteiger partial charge >= 0.3 is 6.18 Å². The topological polar surface area (TPSA) is 103 Å². The fraction of sp³-hybridized carbons (Fsp3) is 0.444. The number of nitrogens with one attached hydrogen (secondary N) is 2. The number of likely N-dealkylation sites (tertiary alicyclic amines) is 1. The number of aromatic nitrogens is 3. The SMILES string of the molecule is C=NCC1[C@H](C)CN(C(=O)c2ccc(N[C@@H](C)c3cc4c(=O)[nH]c(C)nc4nc3C(F)(F)F)c(F)c2)C[C@@H]1C. The number of benzene rings is 1. The van der Waals surface area contributed by atoms with E-state index in [-0.39, 0.29) is 51.4 Å². The lowest BCUT2D eigenvalue weighted by Gasteiger charge is -2.41. The first-order valence-corrected chi connectivity index (χ1v) is 12.6. The minimum absolute atomic E-state index is 0.0966. The van der Waals surface area contributed by atoms with Gasteiger partial charge in [0.15, 0.2) is 11.3 Å². The third kappa shape index (κ3) is 5.79. The molecule has 0 bridgehead atoms. The highest BCUT2D eigenvalue weighted by Gasteiger charge is 2.38. The van der Waals surface area contributed by atoms with Gasteiger partial charge in [0.25, 0.3) is 11.5 Å². The summed E-state index contributed by atoms with van der Waals surface area (Å²) in [7, 11) is 0. The van der Waals surface area contributed by atoms with Crippen molar-refractivity contribution in [3.63, 3.8) is 0 Å². The number of halogens is 4. The summed E-state index contributed by atoms with van der Waals surface area (Å²) < 4.78 is 56.7. The van der Waals surface area contributed by atoms with Crippen molar-refractivity contribution >= 4 is 29.3 Å². The van der Waals surface area contributed by atoms with Gasteiger partial charge in [-0.3, -0.25) is 9.59 Å². The smallest absolute Gasteiger partial charge is 0.376 e. The number of amides is 1. The average molecular weight is 547 g/mol. The summed E-state index contributed by atoms with van der Waals surface area (Å²) in [6, 6.07) is 3.81. The molecule has 1 amide bonds. The summed E-state index contributed by atoms with van der Waals surface area (Å²) in [6.45, 7) is 12.1. The van der Waals surface area contributed by atoms with Crippen LogP contribution in [0.1, 0.15) is 54.3 Å². The minimum atomic E-state index is -4.84. The summed E-state index contributed by atoms with van der Waals surface area (Å²) in [5, 5.41) is 2.61. The highest BCUT2D eigenvalue weighted by Crippen LogP contribution is 2.36. The second-order valence-electron chi connectivity index (χ2n) is 10.2. The minimum Gasteiger partial charge on any atom is -0.376 e. The largest absolute Gasteiger partial charge is 0.433 e. The van der Waals surface area contributed by atoms with Crippen LogP contribution in [0.25, 0.3) is 11.0 Å². The van der Waals surface area contributed by atoms with Crippen molar-refractivity contribution < 1.29 is 22.4 Å². The lowest BCUT2D eigenvalue weighted by atomic mass is 9.79. The van der Waals surface area contributed by atoms with Gasteiger partial charge < -0.3 is 20.2 Å². The molecule has 0 aliphatic carbocycles. The Kier molecular flexibility index (Phi) is 7.76. The standard InChI is InChI=1S/C27H30F4N6O2/c1-13-11-37(12-14(2)20(13)10-32-5)26(39)17-6-7-22(21(28)8-17)33-15(3)18-9-19-24(34-16(4)35-25(19)38)36-23(18)27(29,30)31/h6-9,13-15,20,33H,5,10-12H2,1-4H3,(H,34,35,36,38)/t13-,14+,15-,20?/m0/s1. The average Bonchev–Trinajstić information content (AvgIpc) is 2.85. The van der Waals surface area contributed by atoms with E-state index in [1.807, 2.05) is 13.8 Å². The molecule has 0 radical (unpaired) electrons. The molecule has 8 nitrogen and oxygen atoms in total. The van der Waals surface area contributed by atoms with Gasteiger partial charge in [-0.1, -0.05) is 13.8 Å². The van der Waals surface area contributed by atoms with Gasteiger partial charge in [-0.05, 0) is 62.6 Å². The number of aliphatic imine (C=N–C) groups is 1. The van der Waals surface area contributed by atoms with Crippen LogP contribution in [-0.4, -0.2) is 52.1 Å². The zero-order chi connectivity index (χ0) is 28.6. The number of hydrogen-bond acceptors (Lipinski definition) is 6. The van der Waals surface area contributed by atoms with Crippen molar-refractivity contribution in [2.45, 2.75) is 39.9 Å². The molecule has 3 aromatic rings. The number of pyridine rings is 1. The van der Waals surface area contributed by atoms with E-state index < -0.39 is 29.3 Å². The number of piperidine rings is 1.